The Bertz CT molecular complexity index is 1750. The average molecular weight is 630 g/mol. The van der Waals surface area contributed by atoms with Gasteiger partial charge in [0, 0.05) is 61.9 Å². The lowest BCUT2D eigenvalue weighted by atomic mass is 10.0. The quantitative estimate of drug-likeness (QED) is 0.128. The zero-order valence-corrected chi connectivity index (χ0v) is 27.7. The van der Waals surface area contributed by atoms with E-state index in [1.807, 2.05) is 53.7 Å². The molecular weight excluding hydrogens is 581 g/mol. The van der Waals surface area contributed by atoms with Crippen molar-refractivity contribution in [1.29, 1.82) is 0 Å². The number of carbonyl (C=O) groups is 1. The van der Waals surface area contributed by atoms with E-state index in [2.05, 4.69) is 62.0 Å². The van der Waals surface area contributed by atoms with Crippen molar-refractivity contribution in [1.82, 2.24) is 19.4 Å². The Morgan fingerprint density at radius 3 is 2.64 bits per heavy atom. The van der Waals surface area contributed by atoms with Crippen molar-refractivity contribution in [3.05, 3.63) is 72.1 Å². The minimum Gasteiger partial charge on any atom is -0.372 e. The van der Waals surface area contributed by atoms with Crippen LogP contribution in [-0.2, 0) is 28.7 Å². The van der Waals surface area contributed by atoms with Gasteiger partial charge < -0.3 is 29.6 Å². The molecule has 1 aliphatic rings. The number of nitrogens with zero attached hydrogens (tertiary/aromatic N) is 5. The van der Waals surface area contributed by atoms with E-state index in [0.29, 0.717) is 24.2 Å². The third kappa shape index (κ3) is 7.84. The number of para-hydroxylation sites is 1. The number of aryl methyl sites for hydroxylation is 4. The highest BCUT2D eigenvalue weighted by atomic mass is 31.2. The maximum Gasteiger partial charge on any atom is 0.247 e. The molecule has 10 heteroatoms. The van der Waals surface area contributed by atoms with E-state index >= 15 is 0 Å². The highest BCUT2D eigenvalue weighted by Crippen LogP contribution is 2.40. The van der Waals surface area contributed by atoms with Gasteiger partial charge in [0.25, 0.3) is 0 Å². The summed E-state index contributed by atoms with van der Waals surface area (Å²) in [5.41, 5.74) is 8.93. The molecule has 1 amide bonds. The first-order valence-corrected chi connectivity index (χ1v) is 17.9. The van der Waals surface area contributed by atoms with Crippen LogP contribution in [0.3, 0.4) is 0 Å². The number of likely N-dealkylation sites (N-methyl/N-ethyl adjacent to an activating group) is 2. The second kappa shape index (κ2) is 14.0. The predicted octanol–water partition coefficient (Wildman–Crippen LogP) is 7.02. The highest BCUT2D eigenvalue weighted by Gasteiger charge is 2.22. The van der Waals surface area contributed by atoms with Crippen molar-refractivity contribution < 1.29 is 9.36 Å². The molecule has 4 aromatic rings. The molecule has 2 N–H and O–H groups in total. The molecule has 0 fully saturated rings. The molecule has 45 heavy (non-hydrogen) atoms. The fourth-order valence-corrected chi connectivity index (χ4v) is 6.51. The summed E-state index contributed by atoms with van der Waals surface area (Å²) in [6.45, 7) is 12.0. The molecule has 2 aromatic heterocycles. The van der Waals surface area contributed by atoms with E-state index in [9.17, 15) is 9.36 Å². The molecule has 1 aliphatic heterocycles. The van der Waals surface area contributed by atoms with Crippen LogP contribution in [-0.4, -0.2) is 79.1 Å². The Morgan fingerprint density at radius 2 is 1.93 bits per heavy atom. The minimum absolute atomic E-state index is 0. The van der Waals surface area contributed by atoms with Crippen LogP contribution in [0, 0.1) is 6.92 Å². The molecule has 0 unspecified atom stereocenters. The summed E-state index contributed by atoms with van der Waals surface area (Å²) in [7, 11) is 3.87. The molecule has 0 radical (unpaired) electrons. The third-order valence-corrected chi connectivity index (χ3v) is 9.49. The predicted molar refractivity (Wildman–Crippen MR) is 191 cm³/mol. The number of hydrogen-bond donors (Lipinski definition) is 2. The summed E-state index contributed by atoms with van der Waals surface area (Å²) >= 11 is 0. The van der Waals surface area contributed by atoms with Crippen molar-refractivity contribution in [2.75, 3.05) is 69.3 Å². The first-order chi connectivity index (χ1) is 20.9. The summed E-state index contributed by atoms with van der Waals surface area (Å²) in [6, 6.07) is 10.5. The Hall–Kier alpha value is -3.94. The first-order valence-electron chi connectivity index (χ1n) is 15.2. The van der Waals surface area contributed by atoms with Crippen LogP contribution in [0.1, 0.15) is 30.5 Å². The zero-order chi connectivity index (χ0) is 31.6. The van der Waals surface area contributed by atoms with E-state index in [1.165, 1.54) is 22.5 Å². The number of amides is 1. The van der Waals surface area contributed by atoms with E-state index < -0.39 is 7.14 Å². The number of carbonyl (C=O) groups excluding carboxylic acids is 1. The van der Waals surface area contributed by atoms with E-state index in [-0.39, 0.29) is 13.3 Å². The van der Waals surface area contributed by atoms with Gasteiger partial charge in [0.05, 0.1) is 29.7 Å². The molecule has 0 bridgehead atoms. The molecule has 0 spiro atoms. The summed E-state index contributed by atoms with van der Waals surface area (Å²) in [5.74, 6) is 0.187. The first kappa shape index (κ1) is 33.9. The topological polar surface area (TPSA) is 95.4 Å². The molecule has 0 atom stereocenters. The summed E-state index contributed by atoms with van der Waals surface area (Å²) in [6.07, 6.45) is 8.77. The van der Waals surface area contributed by atoms with Crippen LogP contribution in [0.4, 0.5) is 23.0 Å². The van der Waals surface area contributed by atoms with Gasteiger partial charge in [0.2, 0.25) is 11.9 Å². The van der Waals surface area contributed by atoms with Gasteiger partial charge in [-0.3, -0.25) is 4.79 Å². The molecule has 2 aromatic carbocycles. The van der Waals surface area contributed by atoms with Crippen molar-refractivity contribution in [3.63, 3.8) is 0 Å². The van der Waals surface area contributed by atoms with Crippen LogP contribution in [0.2, 0.25) is 0 Å². The minimum atomic E-state index is -2.23. The molecular formula is C35H48N7O2P. The number of hydrogen-bond acceptors (Lipinski definition) is 7. The number of anilines is 4. The summed E-state index contributed by atoms with van der Waals surface area (Å²) in [5, 5.41) is 7.59. The fraction of sp³-hybridized carbons (Fsp3) is 0.400. The molecule has 240 valence electrons. The standard InChI is InChI=1S/C34H44N7O2P.CH4/c1-8-31(42)36-29-20-28(23(2)19-30(29)40(5)17-16-39(3)4)37-34-35-21-25(14-18-44(6,7)43)32(38-34)27-22-41-15-10-12-24-11-9-13-26(27)33(24)41;/h8-9,11,13,19-22H,1,10,12,14-18H2,2-7H3,(H,36,42)(H,35,37,38);1H4. The van der Waals surface area contributed by atoms with Crippen LogP contribution in [0.5, 0.6) is 0 Å². The SMILES string of the molecule is C.C=CC(=O)Nc1cc(Nc2ncc(CCP(C)(C)=O)c(-c3cn4c5c(cccc35)CCC4)n2)c(C)cc1N(C)CCN(C)C. The lowest BCUT2D eigenvalue weighted by Gasteiger charge is -2.25. The van der Waals surface area contributed by atoms with Crippen LogP contribution >= 0.6 is 7.14 Å². The van der Waals surface area contributed by atoms with Crippen LogP contribution < -0.4 is 15.5 Å². The number of rotatable bonds is 12. The monoisotopic (exact) mass is 629 g/mol. The van der Waals surface area contributed by atoms with Crippen molar-refractivity contribution in [2.24, 2.45) is 0 Å². The van der Waals surface area contributed by atoms with Gasteiger partial charge >= 0.3 is 0 Å². The number of nitrogens with one attached hydrogen (secondary N) is 2. The zero-order valence-electron chi connectivity index (χ0n) is 26.8. The largest absolute Gasteiger partial charge is 0.372 e. The molecule has 0 saturated carbocycles. The lowest BCUT2D eigenvalue weighted by Crippen LogP contribution is -2.29. The van der Waals surface area contributed by atoms with Crippen molar-refractivity contribution in [3.8, 4) is 11.3 Å². The smallest absolute Gasteiger partial charge is 0.247 e. The molecule has 0 aliphatic carbocycles. The fourth-order valence-electron chi connectivity index (χ4n) is 5.74. The lowest BCUT2D eigenvalue weighted by molar-refractivity contribution is -0.111. The highest BCUT2D eigenvalue weighted by molar-refractivity contribution is 7.62. The van der Waals surface area contributed by atoms with Gasteiger partial charge in [-0.25, -0.2) is 9.97 Å². The molecule has 3 heterocycles. The number of aromatic nitrogens is 3. The average Bonchev–Trinajstić information content (AvgIpc) is 3.36. The van der Waals surface area contributed by atoms with Gasteiger partial charge in [-0.1, -0.05) is 32.2 Å². The Balaban J connectivity index is 0.00000461. The third-order valence-electron chi connectivity index (χ3n) is 8.19. The maximum absolute atomic E-state index is 12.7. The van der Waals surface area contributed by atoms with Gasteiger partial charge in [-0.05, 0) is 88.5 Å². The molecule has 0 saturated heterocycles. The van der Waals surface area contributed by atoms with Crippen molar-refractivity contribution in [2.45, 2.75) is 40.2 Å². The number of benzene rings is 2. The Labute approximate surface area is 268 Å². The van der Waals surface area contributed by atoms with Gasteiger partial charge in [-0.15, -0.1) is 0 Å². The Kier molecular flexibility index (Phi) is 10.6. The van der Waals surface area contributed by atoms with Gasteiger partial charge in [0.1, 0.15) is 0 Å². The molecule has 9 nitrogen and oxygen atoms in total. The summed E-state index contributed by atoms with van der Waals surface area (Å²) in [4.78, 5) is 26.5. The second-order valence-corrected chi connectivity index (χ2v) is 16.1. The maximum atomic E-state index is 12.7. The Morgan fingerprint density at radius 1 is 1.16 bits per heavy atom. The van der Waals surface area contributed by atoms with Crippen LogP contribution in [0.15, 0.2) is 55.4 Å². The van der Waals surface area contributed by atoms with E-state index in [1.54, 1.807) is 0 Å². The van der Waals surface area contributed by atoms with Crippen LogP contribution in [0.25, 0.3) is 22.2 Å². The van der Waals surface area contributed by atoms with Gasteiger partial charge in [0.15, 0.2) is 0 Å². The normalized spacial score (nSPS) is 12.6. The van der Waals surface area contributed by atoms with E-state index in [4.69, 9.17) is 9.97 Å². The van der Waals surface area contributed by atoms with E-state index in [0.717, 1.165) is 66.2 Å². The van der Waals surface area contributed by atoms with Crippen molar-refractivity contribution >= 4 is 47.0 Å². The second-order valence-electron chi connectivity index (χ2n) is 12.5. The molecule has 5 rings (SSSR count). The van der Waals surface area contributed by atoms with Gasteiger partial charge in [-0.2, -0.15) is 0 Å². The summed E-state index contributed by atoms with van der Waals surface area (Å²) < 4.78 is 15.0.